The maximum absolute atomic E-state index is 11.1. The van der Waals surface area contributed by atoms with Crippen molar-refractivity contribution in [3.63, 3.8) is 0 Å². The topological polar surface area (TPSA) is 75.1 Å². The number of rotatable bonds is 3. The summed E-state index contributed by atoms with van der Waals surface area (Å²) in [4.78, 5) is 21.4. The highest BCUT2D eigenvalue weighted by molar-refractivity contribution is 7.18. The second kappa shape index (κ2) is 5.55. The van der Waals surface area contributed by atoms with Gasteiger partial charge in [-0.25, -0.2) is 9.78 Å². The van der Waals surface area contributed by atoms with Crippen LogP contribution in [0.4, 0.5) is 11.5 Å². The number of carboxylic acids is 1. The largest absolute Gasteiger partial charge is 0.478 e. The van der Waals surface area contributed by atoms with Crippen LogP contribution in [0.15, 0.2) is 24.3 Å². The Balaban J connectivity index is 2.10. The summed E-state index contributed by atoms with van der Waals surface area (Å²) < 4.78 is 0. The van der Waals surface area contributed by atoms with Crippen LogP contribution in [-0.4, -0.2) is 21.0 Å². The van der Waals surface area contributed by atoms with Crippen LogP contribution in [0.5, 0.6) is 0 Å². The zero-order valence-corrected chi connectivity index (χ0v) is 13.4. The molecule has 2 N–H and O–H groups in total. The van der Waals surface area contributed by atoms with Gasteiger partial charge in [0.25, 0.3) is 0 Å². The predicted molar refractivity (Wildman–Crippen MR) is 88.6 cm³/mol. The van der Waals surface area contributed by atoms with Crippen molar-refractivity contribution in [3.05, 3.63) is 45.6 Å². The van der Waals surface area contributed by atoms with Crippen molar-refractivity contribution in [2.45, 2.75) is 13.8 Å². The Morgan fingerprint density at radius 3 is 2.77 bits per heavy atom. The molecule has 0 atom stereocenters. The van der Waals surface area contributed by atoms with Gasteiger partial charge in [0.1, 0.15) is 10.6 Å². The number of hydrogen-bond donors (Lipinski definition) is 2. The van der Waals surface area contributed by atoms with Crippen molar-refractivity contribution in [2.75, 3.05) is 5.32 Å². The van der Waals surface area contributed by atoms with Crippen molar-refractivity contribution in [1.29, 1.82) is 0 Å². The molecule has 0 unspecified atom stereocenters. The Kier molecular flexibility index (Phi) is 3.72. The highest BCUT2D eigenvalue weighted by Gasteiger charge is 2.12. The fourth-order valence-corrected chi connectivity index (χ4v) is 3.23. The molecular weight excluding hydrogens is 322 g/mol. The number of nitrogens with zero attached hydrogens (tertiary/aromatic N) is 2. The molecule has 112 valence electrons. The number of aromatic nitrogens is 2. The molecule has 0 spiro atoms. The molecule has 7 heteroatoms. The Bertz CT molecular complexity index is 892. The molecule has 2 aromatic heterocycles. The minimum absolute atomic E-state index is 0.156. The van der Waals surface area contributed by atoms with E-state index in [0.29, 0.717) is 11.5 Å². The molecule has 0 bridgehead atoms. The molecule has 0 saturated heterocycles. The maximum atomic E-state index is 11.1. The fraction of sp³-hybridized carbons (Fsp3) is 0.133. The molecule has 0 fully saturated rings. The number of hydrogen-bond acceptors (Lipinski definition) is 5. The first-order valence-electron chi connectivity index (χ1n) is 6.48. The van der Waals surface area contributed by atoms with E-state index in [0.717, 1.165) is 20.7 Å². The summed E-state index contributed by atoms with van der Waals surface area (Å²) in [6, 6.07) is 6.89. The van der Waals surface area contributed by atoms with Crippen LogP contribution in [0.1, 0.15) is 20.8 Å². The van der Waals surface area contributed by atoms with Crippen molar-refractivity contribution in [1.82, 2.24) is 9.97 Å². The van der Waals surface area contributed by atoms with Crippen molar-refractivity contribution < 1.29 is 9.90 Å². The average Bonchev–Trinajstić information content (AvgIpc) is 2.81. The standard InChI is InChI=1S/C15H12ClN3O2S/c1-7-3-4-9(14(20)21)6-11(7)17-12-10-5-8(2)22-13(10)19-15(16)18-12/h3-6H,1-2H3,(H,20,21)(H,17,18,19). The van der Waals surface area contributed by atoms with Crippen molar-refractivity contribution >= 4 is 50.6 Å². The molecule has 3 rings (SSSR count). The average molecular weight is 334 g/mol. The second-order valence-corrected chi connectivity index (χ2v) is 6.45. The van der Waals surface area contributed by atoms with Gasteiger partial charge in [-0.2, -0.15) is 4.98 Å². The minimum atomic E-state index is -0.972. The number of carboxylic acid groups (broad SMARTS) is 1. The first-order chi connectivity index (χ1) is 10.4. The van der Waals surface area contributed by atoms with E-state index in [1.807, 2.05) is 19.9 Å². The summed E-state index contributed by atoms with van der Waals surface area (Å²) in [7, 11) is 0. The lowest BCUT2D eigenvalue weighted by molar-refractivity contribution is 0.0697. The summed E-state index contributed by atoms with van der Waals surface area (Å²) in [5.74, 6) is -0.398. The number of anilines is 2. The van der Waals surface area contributed by atoms with Crippen LogP contribution in [0.2, 0.25) is 5.28 Å². The molecule has 1 aromatic carbocycles. The van der Waals surface area contributed by atoms with E-state index in [4.69, 9.17) is 16.7 Å². The highest BCUT2D eigenvalue weighted by Crippen LogP contribution is 2.32. The zero-order chi connectivity index (χ0) is 15.9. The van der Waals surface area contributed by atoms with Crippen LogP contribution in [-0.2, 0) is 0 Å². The maximum Gasteiger partial charge on any atom is 0.335 e. The van der Waals surface area contributed by atoms with E-state index in [9.17, 15) is 4.79 Å². The summed E-state index contributed by atoms with van der Waals surface area (Å²) in [6.45, 7) is 3.88. The van der Waals surface area contributed by atoms with E-state index in [1.165, 1.54) is 11.3 Å². The minimum Gasteiger partial charge on any atom is -0.478 e. The first-order valence-corrected chi connectivity index (χ1v) is 7.68. The van der Waals surface area contributed by atoms with Crippen LogP contribution < -0.4 is 5.32 Å². The Labute approximate surface area is 135 Å². The van der Waals surface area contributed by atoms with Gasteiger partial charge in [0, 0.05) is 10.6 Å². The molecule has 0 amide bonds. The smallest absolute Gasteiger partial charge is 0.335 e. The third kappa shape index (κ3) is 2.75. The fourth-order valence-electron chi connectivity index (χ4n) is 2.13. The monoisotopic (exact) mass is 333 g/mol. The van der Waals surface area contributed by atoms with Gasteiger partial charge in [-0.15, -0.1) is 11.3 Å². The number of nitrogens with one attached hydrogen (secondary N) is 1. The summed E-state index contributed by atoms with van der Waals surface area (Å²) in [5.41, 5.74) is 1.81. The van der Waals surface area contributed by atoms with Crippen molar-refractivity contribution in [2.24, 2.45) is 0 Å². The zero-order valence-electron chi connectivity index (χ0n) is 11.8. The third-order valence-corrected chi connectivity index (χ3v) is 4.34. The van der Waals surface area contributed by atoms with Gasteiger partial charge in [0.2, 0.25) is 5.28 Å². The SMILES string of the molecule is Cc1cc2c(Nc3cc(C(=O)O)ccc3C)nc(Cl)nc2s1. The summed E-state index contributed by atoms with van der Waals surface area (Å²) >= 11 is 7.50. The van der Waals surface area contributed by atoms with Crippen LogP contribution in [0.3, 0.4) is 0 Å². The highest BCUT2D eigenvalue weighted by atomic mass is 35.5. The van der Waals surface area contributed by atoms with E-state index in [-0.39, 0.29) is 10.8 Å². The Morgan fingerprint density at radius 2 is 2.05 bits per heavy atom. The van der Waals surface area contributed by atoms with Crippen molar-refractivity contribution in [3.8, 4) is 0 Å². The number of benzene rings is 1. The number of aromatic carboxylic acids is 1. The molecule has 22 heavy (non-hydrogen) atoms. The number of carbonyl (C=O) groups is 1. The molecular formula is C15H12ClN3O2S. The normalized spacial score (nSPS) is 10.9. The van der Waals surface area contributed by atoms with Gasteiger partial charge in [-0.3, -0.25) is 0 Å². The summed E-state index contributed by atoms with van der Waals surface area (Å²) in [6.07, 6.45) is 0. The summed E-state index contributed by atoms with van der Waals surface area (Å²) in [5, 5.41) is 13.3. The lowest BCUT2D eigenvalue weighted by atomic mass is 10.1. The van der Waals surface area contributed by atoms with E-state index >= 15 is 0 Å². The van der Waals surface area contributed by atoms with Gasteiger partial charge in [0.05, 0.1) is 10.9 Å². The van der Waals surface area contributed by atoms with E-state index in [1.54, 1.807) is 18.2 Å². The van der Waals surface area contributed by atoms with Gasteiger partial charge in [-0.1, -0.05) is 6.07 Å². The molecule has 0 radical (unpaired) electrons. The Hall–Kier alpha value is -2.18. The number of fused-ring (bicyclic) bond motifs is 1. The van der Waals surface area contributed by atoms with Crippen LogP contribution in [0.25, 0.3) is 10.2 Å². The third-order valence-electron chi connectivity index (χ3n) is 3.23. The second-order valence-electron chi connectivity index (χ2n) is 4.88. The lowest BCUT2D eigenvalue weighted by Gasteiger charge is -2.10. The Morgan fingerprint density at radius 1 is 1.27 bits per heavy atom. The molecule has 0 aliphatic carbocycles. The van der Waals surface area contributed by atoms with Gasteiger partial charge >= 0.3 is 5.97 Å². The molecule has 2 heterocycles. The van der Waals surface area contributed by atoms with Crippen LogP contribution in [0, 0.1) is 13.8 Å². The molecule has 0 aliphatic rings. The molecule has 0 saturated carbocycles. The number of halogens is 1. The molecule has 3 aromatic rings. The first kappa shape index (κ1) is 14.7. The lowest BCUT2D eigenvalue weighted by Crippen LogP contribution is -2.01. The number of thiophene rings is 1. The van der Waals surface area contributed by atoms with E-state index < -0.39 is 5.97 Å². The van der Waals surface area contributed by atoms with Gasteiger partial charge in [0.15, 0.2) is 0 Å². The number of aryl methyl sites for hydroxylation is 2. The van der Waals surface area contributed by atoms with Crippen LogP contribution >= 0.6 is 22.9 Å². The van der Waals surface area contributed by atoms with Gasteiger partial charge in [-0.05, 0) is 49.2 Å². The van der Waals surface area contributed by atoms with E-state index in [2.05, 4.69) is 15.3 Å². The molecule has 0 aliphatic heterocycles. The quantitative estimate of drug-likeness (QED) is 0.695. The predicted octanol–water partition coefficient (Wildman–Crippen LogP) is 4.40. The molecule has 5 nitrogen and oxygen atoms in total. The van der Waals surface area contributed by atoms with Gasteiger partial charge < -0.3 is 10.4 Å².